The molecule has 21 nitrogen and oxygen atoms in total. The Balaban J connectivity index is 0.822. The fourth-order valence-electron chi connectivity index (χ4n) is 14.9. The molecule has 21 heteroatoms. The van der Waals surface area contributed by atoms with Gasteiger partial charge in [0.15, 0.2) is 30.9 Å². The number of esters is 1. The number of ether oxygens (including phenoxy) is 13. The Morgan fingerprint density at radius 2 is 1.14 bits per heavy atom. The third kappa shape index (κ3) is 9.90. The molecule has 0 spiro atoms. The number of benzene rings is 1. The normalized spacial score (nSPS) is 50.8. The van der Waals surface area contributed by atoms with Gasteiger partial charge in [0.05, 0.1) is 65.4 Å². The second-order valence-electron chi connectivity index (χ2n) is 23.6. The van der Waals surface area contributed by atoms with Gasteiger partial charge < -0.3 is 92.2 Å². The zero-order chi connectivity index (χ0) is 55.8. The summed E-state index contributed by atoms with van der Waals surface area (Å²) in [5, 5.41) is 72.2. The average Bonchev–Trinajstić information content (AvgIpc) is 3.04. The van der Waals surface area contributed by atoms with E-state index in [0.717, 1.165) is 0 Å². The molecule has 6 N–H and O–H groups in total. The highest BCUT2D eigenvalue weighted by Gasteiger charge is 2.82. The Morgan fingerprint density at radius 1 is 0.610 bits per heavy atom. The molecule has 0 bridgehead atoms. The maximum atomic E-state index is 13.7. The SMILES string of the molecule is COC1CC(OC2CCC3(C)C4CC(OC(=O)c5ccccc5)C5(C)C(O)(C(C)=O)CCC5(O)C4(O)C=CC3(O)C2)OC(C)C1OC1CC(OC)C(OC2CC(OC)C(OC3OC(C)C(O)C(OC)C3O)C(C)O2)C(C)O1. The highest BCUT2D eigenvalue weighted by atomic mass is 16.8. The van der Waals surface area contributed by atoms with Crippen molar-refractivity contribution in [1.29, 1.82) is 0 Å². The minimum absolute atomic E-state index is 0.0617. The number of carbonyl (C=O) groups is 2. The van der Waals surface area contributed by atoms with Crippen LogP contribution in [0.25, 0.3) is 0 Å². The summed E-state index contributed by atoms with van der Waals surface area (Å²) < 4.78 is 80.7. The maximum absolute atomic E-state index is 13.7. The molecule has 0 aromatic heterocycles. The van der Waals surface area contributed by atoms with E-state index in [2.05, 4.69) is 0 Å². The summed E-state index contributed by atoms with van der Waals surface area (Å²) in [5.41, 5.74) is -10.5. The molecule has 4 aliphatic heterocycles. The van der Waals surface area contributed by atoms with Crippen molar-refractivity contribution in [3.05, 3.63) is 48.0 Å². The molecule has 4 heterocycles. The van der Waals surface area contributed by atoms with E-state index in [9.17, 15) is 40.2 Å². The predicted molar refractivity (Wildman–Crippen MR) is 269 cm³/mol. The number of Topliss-reactive ketones (excluding diaryl/α,β-unsaturated/α-hetero) is 1. The Bertz CT molecular complexity index is 2260. The number of aliphatic hydroxyl groups excluding tert-OH is 2. The standard InChI is InChI=1S/C56H84O21/c1-28-43(58)48(68-11)44(59)50(72-28)77-47-31(4)71-42(25-37(47)67-10)76-46-30(3)70-41(24-36(46)66-9)75-45-29(2)69-40(23-35(45)65-8)73-34-17-18-51(6)38-26-39(74-49(60)33-15-13-12-14-16-33)52(7)54(62,32(5)57)21-22-56(52,64)55(38,63)20-19-53(51,61)27-34/h12-16,19-20,28-31,34-48,50,58-59,61-64H,17-18,21-27H2,1-11H3. The van der Waals surface area contributed by atoms with Gasteiger partial charge in [0.1, 0.15) is 59.5 Å². The number of fused-ring (bicyclic) bond motifs is 5. The van der Waals surface area contributed by atoms with Crippen LogP contribution in [0.4, 0.5) is 0 Å². The highest BCUT2D eigenvalue weighted by molar-refractivity contribution is 5.90. The van der Waals surface area contributed by atoms with Crippen molar-refractivity contribution >= 4 is 11.8 Å². The molecule has 7 fully saturated rings. The molecule has 3 saturated carbocycles. The molecule has 1 aromatic rings. The summed E-state index contributed by atoms with van der Waals surface area (Å²) in [6.45, 7) is 11.9. The summed E-state index contributed by atoms with van der Waals surface area (Å²) in [7, 11) is 6.17. The van der Waals surface area contributed by atoms with Crippen molar-refractivity contribution in [3.63, 3.8) is 0 Å². The Kier molecular flexibility index (Phi) is 17.1. The number of hydrogen-bond donors (Lipinski definition) is 6. The van der Waals surface area contributed by atoms with Crippen LogP contribution in [0.1, 0.15) is 117 Å². The quantitative estimate of drug-likeness (QED) is 0.109. The van der Waals surface area contributed by atoms with Crippen LogP contribution in [0, 0.1) is 16.7 Å². The summed E-state index contributed by atoms with van der Waals surface area (Å²) >= 11 is 0. The van der Waals surface area contributed by atoms with Gasteiger partial charge in [-0.3, -0.25) is 4.79 Å². The van der Waals surface area contributed by atoms with Gasteiger partial charge in [0, 0.05) is 65.5 Å². The molecule has 26 unspecified atom stereocenters. The molecule has 4 saturated heterocycles. The van der Waals surface area contributed by atoms with Gasteiger partial charge in [0.2, 0.25) is 0 Å². The Hall–Kier alpha value is -2.62. The maximum Gasteiger partial charge on any atom is 0.338 e. The fourth-order valence-corrected chi connectivity index (χ4v) is 14.9. The second kappa shape index (κ2) is 22.3. The largest absolute Gasteiger partial charge is 0.458 e. The second-order valence-corrected chi connectivity index (χ2v) is 23.6. The van der Waals surface area contributed by atoms with E-state index >= 15 is 0 Å². The first-order valence-electron chi connectivity index (χ1n) is 27.4. The van der Waals surface area contributed by atoms with E-state index in [1.807, 2.05) is 27.7 Å². The first kappa shape index (κ1) is 59.0. The highest BCUT2D eigenvalue weighted by Crippen LogP contribution is 2.71. The summed E-state index contributed by atoms with van der Waals surface area (Å²) in [6, 6.07) is 8.33. The summed E-state index contributed by atoms with van der Waals surface area (Å²) in [6.07, 6.45) is -9.41. The fraction of sp³-hybridized carbons (Fsp3) is 0.821. The van der Waals surface area contributed by atoms with E-state index < -0.39 is 168 Å². The minimum Gasteiger partial charge on any atom is -0.458 e. The predicted octanol–water partition coefficient (Wildman–Crippen LogP) is 2.78. The van der Waals surface area contributed by atoms with Gasteiger partial charge in [-0.25, -0.2) is 4.79 Å². The lowest BCUT2D eigenvalue weighted by atomic mass is 9.41. The van der Waals surface area contributed by atoms with Gasteiger partial charge in [-0.05, 0) is 85.8 Å². The van der Waals surface area contributed by atoms with E-state index in [0.29, 0.717) is 25.7 Å². The lowest BCUT2D eigenvalue weighted by Crippen LogP contribution is -2.79. The van der Waals surface area contributed by atoms with Crippen LogP contribution in [-0.2, 0) is 66.4 Å². The number of aliphatic hydroxyl groups is 6. The monoisotopic (exact) mass is 1090 g/mol. The smallest absolute Gasteiger partial charge is 0.338 e. The molecule has 0 amide bonds. The van der Waals surface area contributed by atoms with E-state index in [1.54, 1.807) is 58.6 Å². The van der Waals surface area contributed by atoms with Crippen molar-refractivity contribution in [2.45, 2.75) is 245 Å². The van der Waals surface area contributed by atoms with Gasteiger partial charge in [-0.15, -0.1) is 0 Å². The summed E-state index contributed by atoms with van der Waals surface area (Å²) in [5.74, 6) is -2.20. The first-order chi connectivity index (χ1) is 36.3. The van der Waals surface area contributed by atoms with Crippen LogP contribution in [-0.4, -0.2) is 210 Å². The number of methoxy groups -OCH3 is 4. The number of ketones is 1. The van der Waals surface area contributed by atoms with Crippen LogP contribution in [0.3, 0.4) is 0 Å². The molecule has 0 radical (unpaired) electrons. The molecule has 8 aliphatic rings. The molecule has 26 atom stereocenters. The number of rotatable bonds is 15. The third-order valence-electron chi connectivity index (χ3n) is 19.7. The zero-order valence-corrected chi connectivity index (χ0v) is 46.3. The van der Waals surface area contributed by atoms with Crippen LogP contribution < -0.4 is 0 Å². The molecule has 1 aromatic carbocycles. The number of hydrogen-bond acceptors (Lipinski definition) is 21. The zero-order valence-electron chi connectivity index (χ0n) is 46.3. The Morgan fingerprint density at radius 3 is 1.66 bits per heavy atom. The van der Waals surface area contributed by atoms with Crippen molar-refractivity contribution in [2.75, 3.05) is 28.4 Å². The molecular formula is C56H84O21. The van der Waals surface area contributed by atoms with Gasteiger partial charge in [-0.1, -0.05) is 37.3 Å². The van der Waals surface area contributed by atoms with Crippen LogP contribution >= 0.6 is 0 Å². The lowest BCUT2D eigenvalue weighted by Gasteiger charge is -2.68. The Labute approximate surface area is 451 Å². The molecule has 77 heavy (non-hydrogen) atoms. The van der Waals surface area contributed by atoms with Crippen molar-refractivity contribution in [1.82, 2.24) is 0 Å². The van der Waals surface area contributed by atoms with Crippen molar-refractivity contribution in [2.24, 2.45) is 16.7 Å². The van der Waals surface area contributed by atoms with Crippen molar-refractivity contribution in [3.8, 4) is 0 Å². The third-order valence-corrected chi connectivity index (χ3v) is 19.7. The lowest BCUT2D eigenvalue weighted by molar-refractivity contribution is -0.356. The van der Waals surface area contributed by atoms with E-state index in [1.165, 1.54) is 33.1 Å². The van der Waals surface area contributed by atoms with E-state index in [4.69, 9.17) is 61.6 Å². The van der Waals surface area contributed by atoms with E-state index in [-0.39, 0.29) is 37.7 Å². The molecule has 4 aliphatic carbocycles. The molecule has 9 rings (SSSR count). The first-order valence-corrected chi connectivity index (χ1v) is 27.4. The molecular weight excluding hydrogens is 1010 g/mol. The van der Waals surface area contributed by atoms with Crippen LogP contribution in [0.5, 0.6) is 0 Å². The van der Waals surface area contributed by atoms with Crippen molar-refractivity contribution < 1.29 is 102 Å². The minimum atomic E-state index is -2.14. The molecule has 434 valence electrons. The topological polar surface area (TPSA) is 276 Å². The van der Waals surface area contributed by atoms with Crippen LogP contribution in [0.15, 0.2) is 42.5 Å². The van der Waals surface area contributed by atoms with Gasteiger partial charge in [0.25, 0.3) is 0 Å². The number of carbonyl (C=O) groups excluding carboxylic acids is 2. The summed E-state index contributed by atoms with van der Waals surface area (Å²) in [4.78, 5) is 27.1. The van der Waals surface area contributed by atoms with Crippen LogP contribution in [0.2, 0.25) is 0 Å². The van der Waals surface area contributed by atoms with Gasteiger partial charge >= 0.3 is 5.97 Å². The van der Waals surface area contributed by atoms with Gasteiger partial charge in [-0.2, -0.15) is 0 Å². The average molecular weight is 1090 g/mol.